The summed E-state index contributed by atoms with van der Waals surface area (Å²) < 4.78 is 0. The number of benzene rings is 6. The molecular formula is C44H38N2. The van der Waals surface area contributed by atoms with Crippen LogP contribution in [0.4, 0.5) is 28.4 Å². The van der Waals surface area contributed by atoms with Crippen molar-refractivity contribution in [1.29, 1.82) is 0 Å². The van der Waals surface area contributed by atoms with E-state index in [9.17, 15) is 0 Å². The number of allylic oxidation sites excluding steroid dienone is 2. The van der Waals surface area contributed by atoms with Gasteiger partial charge < -0.3 is 9.80 Å². The number of hydrogen-bond donors (Lipinski definition) is 0. The third-order valence-corrected chi connectivity index (χ3v) is 9.70. The Bertz CT molecular complexity index is 1980. The predicted molar refractivity (Wildman–Crippen MR) is 196 cm³/mol. The van der Waals surface area contributed by atoms with Crippen molar-refractivity contribution >= 4 is 39.2 Å². The molecule has 2 unspecified atom stereocenters. The van der Waals surface area contributed by atoms with E-state index in [0.29, 0.717) is 12.0 Å². The molecule has 0 N–H and O–H groups in total. The number of hydrogen-bond acceptors (Lipinski definition) is 2. The van der Waals surface area contributed by atoms with Gasteiger partial charge in [-0.1, -0.05) is 127 Å². The summed E-state index contributed by atoms with van der Waals surface area (Å²) in [4.78, 5) is 4.91. The molecule has 8 rings (SSSR count). The molecule has 1 fully saturated rings. The lowest BCUT2D eigenvalue weighted by Gasteiger charge is -2.41. The van der Waals surface area contributed by atoms with E-state index in [0.717, 1.165) is 11.4 Å². The van der Waals surface area contributed by atoms with E-state index in [1.807, 2.05) is 0 Å². The summed E-state index contributed by atoms with van der Waals surface area (Å²) in [6.45, 7) is 0. The van der Waals surface area contributed by atoms with Crippen molar-refractivity contribution in [1.82, 2.24) is 0 Å². The molecule has 0 spiro atoms. The van der Waals surface area contributed by atoms with Crippen LogP contribution in [-0.4, -0.2) is 6.04 Å². The maximum absolute atomic E-state index is 2.55. The van der Waals surface area contributed by atoms with E-state index in [1.54, 1.807) is 5.57 Å². The fraction of sp³-hybridized carbons (Fsp3) is 0.136. The first kappa shape index (κ1) is 28.2. The number of para-hydroxylation sites is 2. The molecule has 2 atom stereocenters. The molecule has 0 bridgehead atoms. The smallest absolute Gasteiger partial charge is 0.0590 e. The van der Waals surface area contributed by atoms with Gasteiger partial charge in [-0.2, -0.15) is 0 Å². The Morgan fingerprint density at radius 1 is 0.500 bits per heavy atom. The van der Waals surface area contributed by atoms with Crippen molar-refractivity contribution in [3.63, 3.8) is 0 Å². The van der Waals surface area contributed by atoms with Crippen LogP contribution in [-0.2, 0) is 0 Å². The highest BCUT2D eigenvalue weighted by Crippen LogP contribution is 2.42. The highest BCUT2D eigenvalue weighted by molar-refractivity contribution is 5.99. The molecule has 0 aliphatic heterocycles. The summed E-state index contributed by atoms with van der Waals surface area (Å²) in [5.74, 6) is 0.570. The lowest BCUT2D eigenvalue weighted by Crippen LogP contribution is -2.39. The van der Waals surface area contributed by atoms with E-state index in [2.05, 4.69) is 180 Å². The van der Waals surface area contributed by atoms with Crippen LogP contribution in [0.2, 0.25) is 0 Å². The molecular weight excluding hydrogens is 556 g/mol. The highest BCUT2D eigenvalue weighted by Gasteiger charge is 2.32. The van der Waals surface area contributed by atoms with Crippen LogP contribution < -0.4 is 9.80 Å². The molecule has 0 heterocycles. The average molecular weight is 595 g/mol. The molecule has 0 radical (unpaired) electrons. The van der Waals surface area contributed by atoms with Gasteiger partial charge in [0.25, 0.3) is 0 Å². The van der Waals surface area contributed by atoms with E-state index < -0.39 is 0 Å². The Morgan fingerprint density at radius 3 is 1.83 bits per heavy atom. The van der Waals surface area contributed by atoms with E-state index in [4.69, 9.17) is 0 Å². The van der Waals surface area contributed by atoms with Gasteiger partial charge in [0, 0.05) is 34.1 Å². The van der Waals surface area contributed by atoms with Gasteiger partial charge in [0.2, 0.25) is 0 Å². The average Bonchev–Trinajstić information content (AvgIpc) is 3.14. The van der Waals surface area contributed by atoms with Crippen molar-refractivity contribution < 1.29 is 0 Å². The largest absolute Gasteiger partial charge is 0.334 e. The van der Waals surface area contributed by atoms with Crippen molar-refractivity contribution in [2.24, 2.45) is 5.92 Å². The molecule has 1 saturated carbocycles. The number of rotatable bonds is 7. The summed E-state index contributed by atoms with van der Waals surface area (Å²) >= 11 is 0. The number of fused-ring (bicyclic) bond motifs is 2. The Balaban J connectivity index is 1.12. The van der Waals surface area contributed by atoms with Crippen LogP contribution in [0, 0.1) is 5.92 Å². The van der Waals surface area contributed by atoms with Crippen LogP contribution in [0.25, 0.3) is 21.9 Å². The Morgan fingerprint density at radius 2 is 1.09 bits per heavy atom. The summed E-state index contributed by atoms with van der Waals surface area (Å²) in [6.07, 6.45) is 12.2. The van der Waals surface area contributed by atoms with Gasteiger partial charge in [-0.15, -0.1) is 0 Å². The van der Waals surface area contributed by atoms with Crippen LogP contribution >= 0.6 is 0 Å². The molecule has 0 saturated heterocycles. The van der Waals surface area contributed by atoms with Crippen molar-refractivity contribution in [2.75, 3.05) is 9.80 Å². The monoisotopic (exact) mass is 594 g/mol. The fourth-order valence-electron chi connectivity index (χ4n) is 7.46. The molecule has 0 aromatic heterocycles. The zero-order valence-corrected chi connectivity index (χ0v) is 26.0. The van der Waals surface area contributed by atoms with Crippen molar-refractivity contribution in [2.45, 2.75) is 31.7 Å². The fourth-order valence-corrected chi connectivity index (χ4v) is 7.46. The van der Waals surface area contributed by atoms with Crippen molar-refractivity contribution in [3.05, 3.63) is 175 Å². The first-order valence-corrected chi connectivity index (χ1v) is 16.6. The molecule has 224 valence electrons. The number of anilines is 5. The third-order valence-electron chi connectivity index (χ3n) is 9.70. The molecule has 6 aromatic rings. The van der Waals surface area contributed by atoms with Crippen LogP contribution in [0.3, 0.4) is 0 Å². The summed E-state index contributed by atoms with van der Waals surface area (Å²) in [6, 6.07) is 55.2. The first-order valence-electron chi connectivity index (χ1n) is 16.6. The lowest BCUT2D eigenvalue weighted by atomic mass is 9.76. The maximum atomic E-state index is 2.55. The summed E-state index contributed by atoms with van der Waals surface area (Å²) in [5.41, 5.74) is 9.98. The topological polar surface area (TPSA) is 6.48 Å². The van der Waals surface area contributed by atoms with Gasteiger partial charge in [0.1, 0.15) is 0 Å². The Hall–Kier alpha value is -5.34. The zero-order valence-electron chi connectivity index (χ0n) is 26.0. The minimum absolute atomic E-state index is 0.325. The van der Waals surface area contributed by atoms with Crippen molar-refractivity contribution in [3.8, 4) is 11.1 Å². The minimum Gasteiger partial charge on any atom is -0.334 e. The quantitative estimate of drug-likeness (QED) is 0.181. The van der Waals surface area contributed by atoms with Crippen LogP contribution in [0.5, 0.6) is 0 Å². The SMILES string of the molecule is C1=CC(N(c2ccccc2)c2ccc(-c3ccc(N(c4ccccc4)c4cccc5ccccc45)cc3)cc2)C2CCCCC2=C1. The van der Waals surface area contributed by atoms with Crippen LogP contribution in [0.1, 0.15) is 25.7 Å². The molecule has 2 heteroatoms. The molecule has 2 aliphatic carbocycles. The molecule has 6 aromatic carbocycles. The third kappa shape index (κ3) is 5.41. The highest BCUT2D eigenvalue weighted by atomic mass is 15.2. The van der Waals surface area contributed by atoms with E-state index in [1.165, 1.54) is 64.6 Å². The second-order valence-corrected chi connectivity index (χ2v) is 12.4. The summed E-state index contributed by atoms with van der Waals surface area (Å²) in [5, 5.41) is 2.47. The van der Waals surface area contributed by atoms with Gasteiger partial charge in [0.15, 0.2) is 0 Å². The standard InChI is InChI=1S/C44H38N2/c1-3-17-37(18-4-1)45(43-23-11-15-35-13-7-9-21-41(35)43)39-29-25-33(26-30-39)34-27-31-40(32-28-34)46(38-19-5-2-6-20-38)44-24-12-16-36-14-8-10-22-42(36)44/h1-7,9,11-13,15-21,23-32,42,44H,8,10,14,22H2. The second kappa shape index (κ2) is 12.6. The van der Waals surface area contributed by atoms with E-state index >= 15 is 0 Å². The minimum atomic E-state index is 0.325. The van der Waals surface area contributed by atoms with Gasteiger partial charge in [0.05, 0.1) is 11.7 Å². The molecule has 46 heavy (non-hydrogen) atoms. The van der Waals surface area contributed by atoms with E-state index in [-0.39, 0.29) is 0 Å². The molecule has 2 aliphatic rings. The predicted octanol–water partition coefficient (Wildman–Crippen LogP) is 12.2. The summed E-state index contributed by atoms with van der Waals surface area (Å²) in [7, 11) is 0. The lowest BCUT2D eigenvalue weighted by molar-refractivity contribution is 0.413. The first-order chi connectivity index (χ1) is 22.8. The van der Waals surface area contributed by atoms with Crippen LogP contribution in [0.15, 0.2) is 175 Å². The zero-order chi connectivity index (χ0) is 30.7. The second-order valence-electron chi connectivity index (χ2n) is 12.4. The van der Waals surface area contributed by atoms with Gasteiger partial charge in [-0.25, -0.2) is 0 Å². The Labute approximate surface area is 272 Å². The molecule has 0 amide bonds. The normalized spacial score (nSPS) is 17.3. The number of nitrogens with zero attached hydrogens (tertiary/aromatic N) is 2. The maximum Gasteiger partial charge on any atom is 0.0590 e. The molecule has 2 nitrogen and oxygen atoms in total. The Kier molecular flexibility index (Phi) is 7.70. The van der Waals surface area contributed by atoms with Gasteiger partial charge in [-0.05, 0) is 90.4 Å². The van der Waals surface area contributed by atoms with Gasteiger partial charge >= 0.3 is 0 Å². The van der Waals surface area contributed by atoms with Gasteiger partial charge in [-0.3, -0.25) is 0 Å².